The lowest BCUT2D eigenvalue weighted by atomic mass is 9.88. The van der Waals surface area contributed by atoms with E-state index in [-0.39, 0.29) is 18.4 Å². The molecular formula is C24H29N3O3. The average Bonchev–Trinajstić information content (AvgIpc) is 2.98. The standard InChI is InChI=1S/C24H29N3O3/c1-3-15-24(16-4-2)22(29)27(23(30)25-24)18-21(28)26(20-13-9-6-10-14-20)17-19-11-7-5-8-12-19/h5-14H,3-4,15-18H2,1-2H3,(H,25,30). The summed E-state index contributed by atoms with van der Waals surface area (Å²) in [6.45, 7) is 4.06. The minimum Gasteiger partial charge on any atom is -0.323 e. The van der Waals surface area contributed by atoms with Crippen LogP contribution in [-0.4, -0.2) is 34.8 Å². The van der Waals surface area contributed by atoms with Crippen LogP contribution < -0.4 is 10.2 Å². The zero-order chi connectivity index (χ0) is 21.6. The summed E-state index contributed by atoms with van der Waals surface area (Å²) in [4.78, 5) is 41.7. The van der Waals surface area contributed by atoms with Gasteiger partial charge in [-0.15, -0.1) is 0 Å². The number of carbonyl (C=O) groups excluding carboxylic acids is 3. The first kappa shape index (κ1) is 21.6. The van der Waals surface area contributed by atoms with E-state index in [2.05, 4.69) is 5.32 Å². The van der Waals surface area contributed by atoms with E-state index in [1.54, 1.807) is 4.90 Å². The topological polar surface area (TPSA) is 69.7 Å². The lowest BCUT2D eigenvalue weighted by molar-refractivity contribution is -0.134. The Morgan fingerprint density at radius 2 is 1.50 bits per heavy atom. The zero-order valence-electron chi connectivity index (χ0n) is 17.6. The number of nitrogens with zero attached hydrogens (tertiary/aromatic N) is 2. The van der Waals surface area contributed by atoms with E-state index in [1.165, 1.54) is 0 Å². The quantitative estimate of drug-likeness (QED) is 0.636. The molecule has 0 aliphatic carbocycles. The van der Waals surface area contributed by atoms with E-state index in [4.69, 9.17) is 0 Å². The molecule has 0 unspecified atom stereocenters. The van der Waals surface area contributed by atoms with E-state index >= 15 is 0 Å². The number of benzene rings is 2. The number of hydrogen-bond acceptors (Lipinski definition) is 3. The SMILES string of the molecule is CCCC1(CCC)NC(=O)N(CC(=O)N(Cc2ccccc2)c2ccccc2)C1=O. The van der Waals surface area contributed by atoms with Gasteiger partial charge in [-0.05, 0) is 30.5 Å². The van der Waals surface area contributed by atoms with Gasteiger partial charge in [-0.1, -0.05) is 75.2 Å². The van der Waals surface area contributed by atoms with Crippen molar-refractivity contribution < 1.29 is 14.4 Å². The molecule has 1 aliphatic rings. The molecule has 0 saturated carbocycles. The van der Waals surface area contributed by atoms with Crippen molar-refractivity contribution in [3.05, 3.63) is 66.2 Å². The van der Waals surface area contributed by atoms with Gasteiger partial charge in [-0.25, -0.2) is 4.79 Å². The molecule has 1 aliphatic heterocycles. The van der Waals surface area contributed by atoms with Gasteiger partial charge in [-0.3, -0.25) is 14.5 Å². The van der Waals surface area contributed by atoms with Gasteiger partial charge in [-0.2, -0.15) is 0 Å². The summed E-state index contributed by atoms with van der Waals surface area (Å²) in [5, 5.41) is 2.87. The summed E-state index contributed by atoms with van der Waals surface area (Å²) in [6, 6.07) is 18.5. The molecule has 0 atom stereocenters. The normalized spacial score (nSPS) is 15.2. The van der Waals surface area contributed by atoms with E-state index in [1.807, 2.05) is 74.5 Å². The number of rotatable bonds is 9. The number of carbonyl (C=O) groups is 3. The molecule has 6 heteroatoms. The molecule has 1 fully saturated rings. The van der Waals surface area contributed by atoms with Crippen molar-refractivity contribution >= 4 is 23.5 Å². The first-order valence-corrected chi connectivity index (χ1v) is 10.5. The number of amides is 4. The maximum atomic E-state index is 13.3. The van der Waals surface area contributed by atoms with Gasteiger partial charge < -0.3 is 10.2 Å². The summed E-state index contributed by atoms with van der Waals surface area (Å²) >= 11 is 0. The van der Waals surface area contributed by atoms with Crippen molar-refractivity contribution in [2.24, 2.45) is 0 Å². The average molecular weight is 408 g/mol. The van der Waals surface area contributed by atoms with Crippen LogP contribution in [0.25, 0.3) is 0 Å². The van der Waals surface area contributed by atoms with Gasteiger partial charge in [0, 0.05) is 5.69 Å². The van der Waals surface area contributed by atoms with Gasteiger partial charge >= 0.3 is 6.03 Å². The zero-order valence-corrected chi connectivity index (χ0v) is 17.6. The van der Waals surface area contributed by atoms with Crippen LogP contribution in [-0.2, 0) is 16.1 Å². The molecule has 0 aromatic heterocycles. The Bertz CT molecular complexity index is 877. The van der Waals surface area contributed by atoms with Crippen molar-refractivity contribution in [3.8, 4) is 0 Å². The maximum Gasteiger partial charge on any atom is 0.325 e. The van der Waals surface area contributed by atoms with Crippen LogP contribution in [0.1, 0.15) is 45.1 Å². The molecule has 1 heterocycles. The number of para-hydroxylation sites is 1. The number of hydrogen-bond donors (Lipinski definition) is 1. The van der Waals surface area contributed by atoms with Gasteiger partial charge in [0.15, 0.2) is 0 Å². The second-order valence-corrected chi connectivity index (χ2v) is 7.70. The summed E-state index contributed by atoms with van der Waals surface area (Å²) in [7, 11) is 0. The van der Waals surface area contributed by atoms with Crippen LogP contribution >= 0.6 is 0 Å². The minimum atomic E-state index is -0.891. The fourth-order valence-corrected chi connectivity index (χ4v) is 4.06. The van der Waals surface area contributed by atoms with Crippen molar-refractivity contribution in [3.63, 3.8) is 0 Å². The van der Waals surface area contributed by atoms with E-state index in [9.17, 15) is 14.4 Å². The summed E-state index contributed by atoms with van der Waals surface area (Å²) in [6.07, 6.45) is 2.70. The van der Waals surface area contributed by atoms with Gasteiger partial charge in [0.05, 0.1) is 6.54 Å². The van der Waals surface area contributed by atoms with Crippen molar-refractivity contribution in [1.29, 1.82) is 0 Å². The third-order valence-electron chi connectivity index (χ3n) is 5.45. The predicted octanol–water partition coefficient (Wildman–Crippen LogP) is 4.11. The monoisotopic (exact) mass is 407 g/mol. The molecule has 0 spiro atoms. The predicted molar refractivity (Wildman–Crippen MR) is 117 cm³/mol. The number of urea groups is 1. The number of nitrogens with one attached hydrogen (secondary N) is 1. The Labute approximate surface area is 177 Å². The van der Waals surface area contributed by atoms with Gasteiger partial charge in [0.1, 0.15) is 12.1 Å². The molecule has 6 nitrogen and oxygen atoms in total. The first-order chi connectivity index (χ1) is 14.5. The van der Waals surface area contributed by atoms with Crippen LogP contribution in [0.3, 0.4) is 0 Å². The molecule has 1 N–H and O–H groups in total. The Kier molecular flexibility index (Phi) is 6.87. The number of anilines is 1. The second-order valence-electron chi connectivity index (χ2n) is 7.70. The molecule has 30 heavy (non-hydrogen) atoms. The fraction of sp³-hybridized carbons (Fsp3) is 0.375. The summed E-state index contributed by atoms with van der Waals surface area (Å²) in [5.74, 6) is -0.588. The Morgan fingerprint density at radius 1 is 0.933 bits per heavy atom. The largest absolute Gasteiger partial charge is 0.325 e. The highest BCUT2D eigenvalue weighted by molar-refractivity contribution is 6.10. The van der Waals surface area contributed by atoms with Crippen LogP contribution in [0.15, 0.2) is 60.7 Å². The summed E-state index contributed by atoms with van der Waals surface area (Å²) in [5.41, 5.74) is 0.808. The third-order valence-corrected chi connectivity index (χ3v) is 5.45. The minimum absolute atomic E-state index is 0.276. The van der Waals surface area contributed by atoms with Gasteiger partial charge in [0.2, 0.25) is 5.91 Å². The molecule has 158 valence electrons. The highest BCUT2D eigenvalue weighted by atomic mass is 16.2. The van der Waals surface area contributed by atoms with Crippen LogP contribution in [0, 0.1) is 0 Å². The van der Waals surface area contributed by atoms with E-state index in [0.717, 1.165) is 29.0 Å². The first-order valence-electron chi connectivity index (χ1n) is 10.5. The van der Waals surface area contributed by atoms with Crippen LogP contribution in [0.4, 0.5) is 10.5 Å². The molecule has 0 radical (unpaired) electrons. The number of imide groups is 1. The maximum absolute atomic E-state index is 13.3. The van der Waals surface area contributed by atoms with Crippen molar-refractivity contribution in [2.75, 3.05) is 11.4 Å². The molecular weight excluding hydrogens is 378 g/mol. The Morgan fingerprint density at radius 3 is 2.07 bits per heavy atom. The second kappa shape index (κ2) is 9.57. The van der Waals surface area contributed by atoms with Crippen molar-refractivity contribution in [1.82, 2.24) is 10.2 Å². The van der Waals surface area contributed by atoms with Gasteiger partial charge in [0.25, 0.3) is 5.91 Å². The Balaban J connectivity index is 1.83. The highest BCUT2D eigenvalue weighted by Gasteiger charge is 2.50. The lowest BCUT2D eigenvalue weighted by Crippen LogP contribution is -2.48. The van der Waals surface area contributed by atoms with Crippen LogP contribution in [0.2, 0.25) is 0 Å². The molecule has 1 saturated heterocycles. The molecule has 4 amide bonds. The fourth-order valence-electron chi connectivity index (χ4n) is 4.06. The molecule has 2 aromatic rings. The van der Waals surface area contributed by atoms with Crippen molar-refractivity contribution in [2.45, 2.75) is 51.6 Å². The third kappa shape index (κ3) is 4.53. The lowest BCUT2D eigenvalue weighted by Gasteiger charge is -2.27. The summed E-state index contributed by atoms with van der Waals surface area (Å²) < 4.78 is 0. The highest BCUT2D eigenvalue weighted by Crippen LogP contribution is 2.28. The Hall–Kier alpha value is -3.15. The molecule has 0 bridgehead atoms. The molecule has 3 rings (SSSR count). The smallest absolute Gasteiger partial charge is 0.323 e. The van der Waals surface area contributed by atoms with E-state index < -0.39 is 11.6 Å². The van der Waals surface area contributed by atoms with Crippen LogP contribution in [0.5, 0.6) is 0 Å². The molecule has 2 aromatic carbocycles. The van der Waals surface area contributed by atoms with E-state index in [0.29, 0.717) is 19.4 Å².